The third-order valence-corrected chi connectivity index (χ3v) is 9.92. The van der Waals surface area contributed by atoms with E-state index in [9.17, 15) is 46.2 Å². The van der Waals surface area contributed by atoms with Crippen molar-refractivity contribution < 1.29 is 35.8 Å². The Morgan fingerprint density at radius 2 is 1.00 bits per heavy atom. The Morgan fingerprint density at radius 3 is 1.52 bits per heavy atom. The average molecular weight is 825 g/mol. The molecule has 0 saturated carbocycles. The molecule has 0 radical (unpaired) electrons. The van der Waals surface area contributed by atoms with Gasteiger partial charge in [0.2, 0.25) is 0 Å². The van der Waals surface area contributed by atoms with Gasteiger partial charge in [-0.3, -0.25) is 29.3 Å². The Balaban J connectivity index is 1.22. The van der Waals surface area contributed by atoms with Crippen LogP contribution in [0, 0.1) is 20.2 Å². The SMILES string of the molecule is Nc1ccc(-c2cc(N=Nc3ccc(Nc4ccc([N+](=O)[O-])cc4S(=O)(=O)O)cc3)c(N)cc2S(=O)(=O)O)cc1N=Nc1ccc(Nc2ccc([N+](=O)[O-])cc2)cc1. The minimum Gasteiger partial charge on any atom is -0.397 e. The van der Waals surface area contributed by atoms with Crippen molar-refractivity contribution >= 4 is 88.5 Å². The summed E-state index contributed by atoms with van der Waals surface area (Å²) in [4.78, 5) is 19.5. The highest BCUT2D eigenvalue weighted by Gasteiger charge is 2.22. The molecule has 0 aromatic heterocycles. The lowest BCUT2D eigenvalue weighted by molar-refractivity contribution is -0.385. The van der Waals surface area contributed by atoms with Gasteiger partial charge >= 0.3 is 0 Å². The first-order valence-electron chi connectivity index (χ1n) is 16.3. The Hall–Kier alpha value is -7.66. The van der Waals surface area contributed by atoms with Gasteiger partial charge in [-0.25, -0.2) is 0 Å². The zero-order valence-corrected chi connectivity index (χ0v) is 31.0. The lowest BCUT2D eigenvalue weighted by atomic mass is 10.0. The van der Waals surface area contributed by atoms with E-state index in [4.69, 9.17) is 11.5 Å². The molecule has 294 valence electrons. The summed E-state index contributed by atoms with van der Waals surface area (Å²) in [6.45, 7) is 0. The lowest BCUT2D eigenvalue weighted by Gasteiger charge is -2.12. The zero-order chi connectivity index (χ0) is 41.8. The molecule has 0 bridgehead atoms. The molecule has 0 aliphatic rings. The molecule has 6 rings (SSSR count). The normalized spacial score (nSPS) is 11.8. The van der Waals surface area contributed by atoms with Crippen molar-refractivity contribution in [3.8, 4) is 11.1 Å². The van der Waals surface area contributed by atoms with Crippen LogP contribution < -0.4 is 22.1 Å². The fourth-order valence-electron chi connectivity index (χ4n) is 5.28. The summed E-state index contributed by atoms with van der Waals surface area (Å²) in [6.07, 6.45) is 0. The van der Waals surface area contributed by atoms with Gasteiger partial charge in [0.25, 0.3) is 31.6 Å². The van der Waals surface area contributed by atoms with Gasteiger partial charge in [0.15, 0.2) is 0 Å². The molecule has 0 aliphatic heterocycles. The van der Waals surface area contributed by atoms with Gasteiger partial charge in [0, 0.05) is 46.9 Å². The molecule has 20 nitrogen and oxygen atoms in total. The largest absolute Gasteiger partial charge is 0.397 e. The van der Waals surface area contributed by atoms with Crippen LogP contribution >= 0.6 is 0 Å². The summed E-state index contributed by atoms with van der Waals surface area (Å²) >= 11 is 0. The number of nitrogen functional groups attached to an aromatic ring is 2. The summed E-state index contributed by atoms with van der Waals surface area (Å²) in [5, 5.41) is 44.7. The van der Waals surface area contributed by atoms with E-state index in [0.29, 0.717) is 22.7 Å². The number of hydrogen-bond donors (Lipinski definition) is 6. The fourth-order valence-corrected chi connectivity index (χ4v) is 6.68. The van der Waals surface area contributed by atoms with Crippen LogP contribution in [0.2, 0.25) is 0 Å². The van der Waals surface area contributed by atoms with Crippen LogP contribution in [0.25, 0.3) is 11.1 Å². The summed E-state index contributed by atoms with van der Waals surface area (Å²) in [5.74, 6) is 0. The van der Waals surface area contributed by atoms with Crippen LogP contribution in [0.3, 0.4) is 0 Å². The molecule has 0 amide bonds. The highest BCUT2D eigenvalue weighted by Crippen LogP contribution is 2.39. The quantitative estimate of drug-likeness (QED) is 0.0208. The number of azo groups is 2. The number of benzene rings is 6. The first-order chi connectivity index (χ1) is 27.4. The molecule has 6 aromatic carbocycles. The maximum absolute atomic E-state index is 12.5. The van der Waals surface area contributed by atoms with E-state index >= 15 is 0 Å². The number of rotatable bonds is 13. The second-order valence-electron chi connectivity index (χ2n) is 12.1. The first kappa shape index (κ1) is 40.0. The van der Waals surface area contributed by atoms with E-state index in [1.54, 1.807) is 36.4 Å². The van der Waals surface area contributed by atoms with E-state index in [2.05, 4.69) is 31.1 Å². The second-order valence-corrected chi connectivity index (χ2v) is 14.9. The highest BCUT2D eigenvalue weighted by molar-refractivity contribution is 7.86. The molecule has 0 spiro atoms. The van der Waals surface area contributed by atoms with Crippen molar-refractivity contribution in [3.63, 3.8) is 0 Å². The van der Waals surface area contributed by atoms with Gasteiger partial charge in [0.1, 0.15) is 21.2 Å². The van der Waals surface area contributed by atoms with E-state index < -0.39 is 45.6 Å². The number of nitrogens with two attached hydrogens (primary N) is 2. The van der Waals surface area contributed by atoms with Gasteiger partial charge < -0.3 is 22.1 Å². The summed E-state index contributed by atoms with van der Waals surface area (Å²) in [7, 11) is -9.64. The Kier molecular flexibility index (Phi) is 11.2. The minimum atomic E-state index is -4.83. The number of nitro groups is 2. The molecule has 22 heteroatoms. The smallest absolute Gasteiger partial charge is 0.296 e. The first-order valence-corrected chi connectivity index (χ1v) is 19.2. The molecule has 0 atom stereocenters. The third kappa shape index (κ3) is 9.58. The summed E-state index contributed by atoms with van der Waals surface area (Å²) < 4.78 is 68.4. The van der Waals surface area contributed by atoms with Crippen molar-refractivity contribution in [2.45, 2.75) is 9.79 Å². The third-order valence-electron chi connectivity index (χ3n) is 8.13. The molecule has 0 aliphatic carbocycles. The Labute approximate surface area is 328 Å². The second kappa shape index (κ2) is 16.2. The van der Waals surface area contributed by atoms with E-state index in [1.807, 2.05) is 0 Å². The number of nitrogens with zero attached hydrogens (tertiary/aromatic N) is 6. The Bertz CT molecular complexity index is 2860. The molecule has 0 unspecified atom stereocenters. The van der Waals surface area contributed by atoms with Gasteiger partial charge in [-0.05, 0) is 96.6 Å². The van der Waals surface area contributed by atoms with Crippen LogP contribution in [0.15, 0.2) is 152 Å². The van der Waals surface area contributed by atoms with E-state index in [-0.39, 0.29) is 50.9 Å². The molecule has 0 saturated heterocycles. The van der Waals surface area contributed by atoms with Crippen LogP contribution in [-0.2, 0) is 20.2 Å². The standard InChI is InChI=1S/C36H28N10O10S2/c37-30-15-1-21(17-33(30)43-41-25-6-2-22(3-7-25)39-23-10-12-27(13-11-23)45(47)48)29-19-34(31(38)20-35(29)57(51,52)53)44-42-26-8-4-24(5-9-26)40-32-16-14-28(46(49)50)18-36(32)58(54,55)56/h1-20,39-40H,37-38H2,(H,51,52,53)(H,54,55,56). The van der Waals surface area contributed by atoms with E-state index in [1.165, 1.54) is 60.7 Å². The molecule has 0 heterocycles. The number of hydrogen-bond acceptors (Lipinski definition) is 16. The fraction of sp³-hybridized carbons (Fsp3) is 0. The molecule has 8 N–H and O–H groups in total. The van der Waals surface area contributed by atoms with Crippen LogP contribution in [0.4, 0.5) is 68.2 Å². The highest BCUT2D eigenvalue weighted by atomic mass is 32.2. The number of anilines is 6. The summed E-state index contributed by atoms with van der Waals surface area (Å²) in [5.41, 5.74) is 14.4. The van der Waals surface area contributed by atoms with Gasteiger partial charge in [0.05, 0.1) is 38.3 Å². The van der Waals surface area contributed by atoms with Gasteiger partial charge in [-0.1, -0.05) is 6.07 Å². The van der Waals surface area contributed by atoms with Gasteiger partial charge in [-0.2, -0.15) is 27.1 Å². The van der Waals surface area contributed by atoms with Crippen molar-refractivity contribution in [3.05, 3.63) is 142 Å². The van der Waals surface area contributed by atoms with Crippen molar-refractivity contribution in [1.29, 1.82) is 0 Å². The molecule has 0 fully saturated rings. The van der Waals surface area contributed by atoms with Crippen LogP contribution in [-0.4, -0.2) is 35.8 Å². The predicted molar refractivity (Wildman–Crippen MR) is 214 cm³/mol. The zero-order valence-electron chi connectivity index (χ0n) is 29.4. The molecular weight excluding hydrogens is 797 g/mol. The molecule has 6 aromatic rings. The molecular formula is C36H28N10O10S2. The number of nitrogens with one attached hydrogen (secondary N) is 2. The summed E-state index contributed by atoms with van der Waals surface area (Å²) in [6, 6.07) is 28.2. The lowest BCUT2D eigenvalue weighted by Crippen LogP contribution is -2.04. The maximum Gasteiger partial charge on any atom is 0.296 e. The topological polar surface area (TPSA) is 321 Å². The average Bonchev–Trinajstić information content (AvgIpc) is 3.17. The Morgan fingerprint density at radius 1 is 0.517 bits per heavy atom. The molecule has 58 heavy (non-hydrogen) atoms. The van der Waals surface area contributed by atoms with E-state index in [0.717, 1.165) is 24.3 Å². The maximum atomic E-state index is 12.5. The predicted octanol–water partition coefficient (Wildman–Crippen LogP) is 9.15. The van der Waals surface area contributed by atoms with Crippen molar-refractivity contribution in [2.75, 3.05) is 22.1 Å². The number of nitro benzene ring substituents is 2. The number of non-ortho nitro benzene ring substituents is 2. The van der Waals surface area contributed by atoms with Crippen molar-refractivity contribution in [1.82, 2.24) is 0 Å². The van der Waals surface area contributed by atoms with Crippen LogP contribution in [0.1, 0.15) is 0 Å². The minimum absolute atomic E-state index is 0.0129. The van der Waals surface area contributed by atoms with Crippen LogP contribution in [0.5, 0.6) is 0 Å². The van der Waals surface area contributed by atoms with Crippen molar-refractivity contribution in [2.24, 2.45) is 20.5 Å². The monoisotopic (exact) mass is 824 g/mol. The van der Waals surface area contributed by atoms with Gasteiger partial charge in [-0.15, -0.1) is 10.2 Å².